The van der Waals surface area contributed by atoms with Gasteiger partial charge in [-0.2, -0.15) is 5.10 Å². The third kappa shape index (κ3) is 4.47. The molecule has 2 aromatic rings. The van der Waals surface area contributed by atoms with E-state index >= 15 is 0 Å². The fourth-order valence-electron chi connectivity index (χ4n) is 4.05. The fraction of sp³-hybridized carbons (Fsp3) is 0.364. The van der Waals surface area contributed by atoms with Crippen LogP contribution in [0.5, 0.6) is 0 Å². The molecule has 2 aromatic carbocycles. The van der Waals surface area contributed by atoms with Gasteiger partial charge in [-0.15, -0.1) is 0 Å². The van der Waals surface area contributed by atoms with Crippen molar-refractivity contribution in [3.63, 3.8) is 0 Å². The van der Waals surface area contributed by atoms with Crippen LogP contribution < -0.4 is 10.4 Å². The molecule has 0 bridgehead atoms. The zero-order chi connectivity index (χ0) is 21.3. The Morgan fingerprint density at radius 1 is 1.10 bits per heavy atom. The van der Waals surface area contributed by atoms with Gasteiger partial charge in [0.2, 0.25) is 0 Å². The van der Waals surface area contributed by atoms with E-state index in [1.54, 1.807) is 24.3 Å². The molecule has 2 aliphatic rings. The predicted molar refractivity (Wildman–Crippen MR) is 126 cm³/mol. The summed E-state index contributed by atoms with van der Waals surface area (Å²) in [6.45, 7) is 4.02. The number of hydrazone groups is 1. The largest absolute Gasteiger partial charge is 0.308 e. The van der Waals surface area contributed by atoms with E-state index in [2.05, 4.69) is 17.4 Å². The zero-order valence-corrected chi connectivity index (χ0v) is 18.9. The third-order valence-corrected chi connectivity index (χ3v) is 6.44. The number of hydrogen-bond donors (Lipinski definition) is 1. The molecule has 0 amide bonds. The van der Waals surface area contributed by atoms with Crippen LogP contribution in [0.15, 0.2) is 47.6 Å². The molecular weight excluding hydrogens is 442 g/mol. The Labute approximate surface area is 191 Å². The van der Waals surface area contributed by atoms with Crippen LogP contribution in [0.2, 0.25) is 10.0 Å². The topological polar surface area (TPSA) is 30.9 Å². The van der Waals surface area contributed by atoms with Crippen LogP contribution in [0, 0.1) is 11.7 Å². The maximum Gasteiger partial charge on any atom is 0.137 e. The second kappa shape index (κ2) is 9.18. The van der Waals surface area contributed by atoms with Crippen molar-refractivity contribution in [2.45, 2.75) is 32.2 Å². The molecule has 0 spiro atoms. The summed E-state index contributed by atoms with van der Waals surface area (Å²) >= 11 is 18.3. The molecule has 1 saturated heterocycles. The molecule has 30 heavy (non-hydrogen) atoms. The maximum absolute atomic E-state index is 13.6. The molecule has 2 atom stereocenters. The minimum atomic E-state index is -0.274. The molecule has 4 rings (SSSR count). The first-order valence-corrected chi connectivity index (χ1v) is 11.2. The summed E-state index contributed by atoms with van der Waals surface area (Å²) in [6.07, 6.45) is 3.56. The van der Waals surface area contributed by atoms with Crippen molar-refractivity contribution < 1.29 is 4.39 Å². The number of hydrogen-bond acceptors (Lipinski definition) is 4. The first-order valence-electron chi connectivity index (χ1n) is 10.1. The van der Waals surface area contributed by atoms with Crippen molar-refractivity contribution in [2.75, 3.05) is 18.1 Å². The first kappa shape index (κ1) is 21.5. The van der Waals surface area contributed by atoms with Gasteiger partial charge in [-0.3, -0.25) is 5.01 Å². The first-order chi connectivity index (χ1) is 14.4. The van der Waals surface area contributed by atoms with Crippen molar-refractivity contribution in [3.05, 3.63) is 63.9 Å². The Balaban J connectivity index is 1.68. The van der Waals surface area contributed by atoms with Gasteiger partial charge in [0, 0.05) is 24.0 Å². The summed E-state index contributed by atoms with van der Waals surface area (Å²) in [7, 11) is 0. The van der Waals surface area contributed by atoms with Gasteiger partial charge < -0.3 is 5.43 Å². The van der Waals surface area contributed by atoms with Gasteiger partial charge >= 0.3 is 0 Å². The highest BCUT2D eigenvalue weighted by atomic mass is 35.5. The molecule has 1 fully saturated rings. The molecular formula is C22H23Cl2FN4S. The van der Waals surface area contributed by atoms with E-state index < -0.39 is 0 Å². The fourth-order valence-corrected chi connectivity index (χ4v) is 4.90. The number of piperidine rings is 1. The van der Waals surface area contributed by atoms with Crippen LogP contribution in [-0.4, -0.2) is 28.8 Å². The Kier molecular flexibility index (Phi) is 6.58. The minimum absolute atomic E-state index is 0.0213. The van der Waals surface area contributed by atoms with E-state index in [0.29, 0.717) is 15.0 Å². The molecule has 8 heteroatoms. The van der Waals surface area contributed by atoms with Crippen LogP contribution in [-0.2, 0) is 0 Å². The molecule has 2 heterocycles. The molecule has 0 unspecified atom stereocenters. The molecule has 0 aliphatic carbocycles. The molecule has 0 saturated carbocycles. The average molecular weight is 465 g/mol. The van der Waals surface area contributed by atoms with Gasteiger partial charge in [0.1, 0.15) is 16.5 Å². The summed E-state index contributed by atoms with van der Waals surface area (Å²) in [4.78, 5) is 0.615. The zero-order valence-electron chi connectivity index (χ0n) is 16.6. The van der Waals surface area contributed by atoms with E-state index in [1.165, 1.54) is 18.6 Å². The molecule has 158 valence electrons. The third-order valence-electron chi connectivity index (χ3n) is 5.60. The highest BCUT2D eigenvalue weighted by molar-refractivity contribution is 7.82. The number of anilines is 1. The molecule has 1 N–H and O–H groups in total. The quantitative estimate of drug-likeness (QED) is 0.561. The highest BCUT2D eigenvalue weighted by Crippen LogP contribution is 2.42. The Morgan fingerprint density at radius 3 is 2.47 bits per heavy atom. The lowest BCUT2D eigenvalue weighted by atomic mass is 9.91. The number of rotatable bonds is 4. The van der Waals surface area contributed by atoms with Gasteiger partial charge in [-0.1, -0.05) is 60.9 Å². The van der Waals surface area contributed by atoms with Crippen molar-refractivity contribution >= 4 is 51.8 Å². The SMILES string of the molecule is C[C@@H]1C(C(=S)NN2CCCCC2)=NN(c2ccc(Cl)cc2Cl)[C@H]1c1ccc(F)cc1. The maximum atomic E-state index is 13.6. The van der Waals surface area contributed by atoms with Gasteiger partial charge in [0.15, 0.2) is 0 Å². The molecule has 0 aromatic heterocycles. The monoisotopic (exact) mass is 464 g/mol. The number of halogens is 3. The highest BCUT2D eigenvalue weighted by Gasteiger charge is 2.39. The average Bonchev–Trinajstić information content (AvgIpc) is 3.06. The van der Waals surface area contributed by atoms with Crippen molar-refractivity contribution in [1.82, 2.24) is 10.4 Å². The Hall–Kier alpha value is -1.73. The van der Waals surface area contributed by atoms with E-state index in [9.17, 15) is 4.39 Å². The van der Waals surface area contributed by atoms with Crippen molar-refractivity contribution in [1.29, 1.82) is 0 Å². The molecule has 4 nitrogen and oxygen atoms in total. The van der Waals surface area contributed by atoms with Gasteiger partial charge in [0.25, 0.3) is 0 Å². The Bertz CT molecular complexity index is 960. The predicted octanol–water partition coefficient (Wildman–Crippen LogP) is 6.00. The van der Waals surface area contributed by atoms with E-state index in [4.69, 9.17) is 40.5 Å². The normalized spacial score (nSPS) is 22.1. The number of nitrogens with zero attached hydrogens (tertiary/aromatic N) is 3. The standard InChI is InChI=1S/C22H23Cl2FN4S/c1-14-20(22(30)27-28-11-3-2-4-12-28)26-29(19-10-7-16(23)13-18(19)24)21(14)15-5-8-17(25)9-6-15/h5-10,13-14,21H,2-4,11-12H2,1H3,(H,27,30)/t14-,21-/m1/s1. The van der Waals surface area contributed by atoms with Gasteiger partial charge in [-0.05, 0) is 48.7 Å². The lowest BCUT2D eigenvalue weighted by Crippen LogP contribution is -2.47. The van der Waals surface area contributed by atoms with E-state index in [-0.39, 0.29) is 17.8 Å². The summed E-state index contributed by atoms with van der Waals surface area (Å²) in [5.74, 6) is -0.295. The van der Waals surface area contributed by atoms with E-state index in [0.717, 1.165) is 42.9 Å². The molecule has 2 aliphatic heterocycles. The van der Waals surface area contributed by atoms with Gasteiger partial charge in [-0.25, -0.2) is 9.40 Å². The minimum Gasteiger partial charge on any atom is -0.308 e. The summed E-state index contributed by atoms with van der Waals surface area (Å²) < 4.78 is 13.6. The van der Waals surface area contributed by atoms with Crippen LogP contribution in [0.25, 0.3) is 0 Å². The lowest BCUT2D eigenvalue weighted by molar-refractivity contribution is 0.197. The molecule has 0 radical (unpaired) electrons. The van der Waals surface area contributed by atoms with Crippen LogP contribution in [0.1, 0.15) is 37.8 Å². The summed E-state index contributed by atoms with van der Waals surface area (Å²) in [5.41, 5.74) is 5.82. The second-order valence-corrected chi connectivity index (χ2v) is 8.95. The lowest BCUT2D eigenvalue weighted by Gasteiger charge is -2.29. The number of hydrazine groups is 1. The number of thiocarbonyl (C=S) groups is 1. The summed E-state index contributed by atoms with van der Waals surface area (Å²) in [6, 6.07) is 11.7. The summed E-state index contributed by atoms with van der Waals surface area (Å²) in [5, 5.41) is 9.96. The van der Waals surface area contributed by atoms with Crippen LogP contribution in [0.3, 0.4) is 0 Å². The van der Waals surface area contributed by atoms with Crippen molar-refractivity contribution in [2.24, 2.45) is 11.0 Å². The van der Waals surface area contributed by atoms with Gasteiger partial charge in [0.05, 0.1) is 16.8 Å². The Morgan fingerprint density at radius 2 is 1.80 bits per heavy atom. The van der Waals surface area contributed by atoms with Crippen LogP contribution in [0.4, 0.5) is 10.1 Å². The van der Waals surface area contributed by atoms with Crippen LogP contribution >= 0.6 is 35.4 Å². The second-order valence-electron chi connectivity index (χ2n) is 7.70. The smallest absolute Gasteiger partial charge is 0.137 e. The van der Waals surface area contributed by atoms with E-state index in [1.807, 2.05) is 11.1 Å². The van der Waals surface area contributed by atoms with Crippen molar-refractivity contribution in [3.8, 4) is 0 Å². The number of benzene rings is 2. The number of nitrogens with one attached hydrogen (secondary N) is 1.